The Morgan fingerprint density at radius 1 is 1.29 bits per heavy atom. The van der Waals surface area contributed by atoms with Crippen LogP contribution in [-0.4, -0.2) is 22.3 Å². The van der Waals surface area contributed by atoms with Gasteiger partial charge in [-0.15, -0.1) is 0 Å². The van der Waals surface area contributed by atoms with E-state index in [0.717, 1.165) is 12.8 Å². The van der Waals surface area contributed by atoms with Gasteiger partial charge in [-0.1, -0.05) is 29.4 Å². The number of benzene rings is 2. The molecule has 0 radical (unpaired) electrons. The topological polar surface area (TPSA) is 89.3 Å². The molecule has 1 heterocycles. The molecule has 144 valence electrons. The molecule has 28 heavy (non-hydrogen) atoms. The zero-order valence-corrected chi connectivity index (χ0v) is 15.2. The van der Waals surface area contributed by atoms with E-state index >= 15 is 0 Å². The maximum atomic E-state index is 14.5. The van der Waals surface area contributed by atoms with Gasteiger partial charge in [0.25, 0.3) is 0 Å². The third kappa shape index (κ3) is 4.28. The lowest BCUT2D eigenvalue weighted by molar-refractivity contribution is 0.251. The highest BCUT2D eigenvalue weighted by Gasteiger charge is 2.25. The van der Waals surface area contributed by atoms with E-state index in [1.807, 2.05) is 6.07 Å². The molecule has 0 aliphatic heterocycles. The molecule has 0 unspecified atom stereocenters. The minimum atomic E-state index is -0.450. The summed E-state index contributed by atoms with van der Waals surface area (Å²) in [7, 11) is 0. The van der Waals surface area contributed by atoms with E-state index in [4.69, 9.17) is 9.26 Å². The number of halogens is 1. The molecule has 1 saturated carbocycles. The minimum Gasteiger partial charge on any atom is -0.487 e. The summed E-state index contributed by atoms with van der Waals surface area (Å²) in [6, 6.07) is 11.5. The van der Waals surface area contributed by atoms with Crippen LogP contribution >= 0.6 is 0 Å². The number of aryl methyl sites for hydroxylation is 1. The van der Waals surface area contributed by atoms with Crippen LogP contribution in [0.3, 0.4) is 0 Å². The van der Waals surface area contributed by atoms with Crippen molar-refractivity contribution in [1.82, 2.24) is 15.5 Å². The molecule has 3 aromatic rings. The minimum absolute atomic E-state index is 0.0449. The van der Waals surface area contributed by atoms with Crippen LogP contribution in [0.4, 0.5) is 14.9 Å². The molecular formula is C20H19FN4O3. The maximum Gasteiger partial charge on any atom is 0.319 e. The molecule has 1 aliphatic carbocycles. The van der Waals surface area contributed by atoms with Gasteiger partial charge in [0.1, 0.15) is 0 Å². The van der Waals surface area contributed by atoms with Gasteiger partial charge >= 0.3 is 6.03 Å². The van der Waals surface area contributed by atoms with Crippen molar-refractivity contribution in [3.8, 4) is 17.1 Å². The Bertz CT molecular complexity index is 1000. The van der Waals surface area contributed by atoms with Gasteiger partial charge in [0.15, 0.2) is 11.6 Å². The van der Waals surface area contributed by atoms with Gasteiger partial charge in [-0.05, 0) is 31.0 Å². The Balaban J connectivity index is 1.37. The van der Waals surface area contributed by atoms with E-state index < -0.39 is 11.8 Å². The SMILES string of the molecule is Cc1nc(-c2cccc(NC(=O)NCc3cccc(OC4CC4)c3F)c2)no1. The van der Waals surface area contributed by atoms with E-state index in [1.165, 1.54) is 0 Å². The van der Waals surface area contributed by atoms with E-state index in [9.17, 15) is 9.18 Å². The number of rotatable bonds is 6. The summed E-state index contributed by atoms with van der Waals surface area (Å²) in [6.07, 6.45) is 2.01. The van der Waals surface area contributed by atoms with Crippen molar-refractivity contribution in [2.75, 3.05) is 5.32 Å². The van der Waals surface area contributed by atoms with Gasteiger partial charge in [-0.2, -0.15) is 4.98 Å². The average Bonchev–Trinajstić information content (AvgIpc) is 3.40. The standard InChI is InChI=1S/C20H19FN4O3/c1-12-23-19(25-28-12)13-4-2-6-15(10-13)24-20(26)22-11-14-5-3-7-17(18(14)21)27-16-8-9-16/h2-7,10,16H,8-9,11H2,1H3,(H2,22,24,26). The van der Waals surface area contributed by atoms with Crippen molar-refractivity contribution in [3.05, 3.63) is 59.7 Å². The molecule has 0 saturated heterocycles. The maximum absolute atomic E-state index is 14.5. The molecular weight excluding hydrogens is 363 g/mol. The Labute approximate surface area is 160 Å². The number of aromatic nitrogens is 2. The number of amides is 2. The summed E-state index contributed by atoms with van der Waals surface area (Å²) in [4.78, 5) is 16.4. The van der Waals surface area contributed by atoms with Crippen LogP contribution in [0.15, 0.2) is 47.0 Å². The second kappa shape index (κ2) is 7.67. The van der Waals surface area contributed by atoms with Crippen molar-refractivity contribution < 1.29 is 18.4 Å². The molecule has 0 bridgehead atoms. The van der Waals surface area contributed by atoms with E-state index in [1.54, 1.807) is 43.3 Å². The summed E-state index contributed by atoms with van der Waals surface area (Å²) in [5.41, 5.74) is 1.64. The molecule has 7 nitrogen and oxygen atoms in total. The molecule has 1 aromatic heterocycles. The zero-order valence-electron chi connectivity index (χ0n) is 15.2. The van der Waals surface area contributed by atoms with Gasteiger partial charge < -0.3 is 19.9 Å². The summed E-state index contributed by atoms with van der Waals surface area (Å²) in [6.45, 7) is 1.75. The van der Waals surface area contributed by atoms with Crippen LogP contribution in [0.1, 0.15) is 24.3 Å². The van der Waals surface area contributed by atoms with Crippen LogP contribution in [0.25, 0.3) is 11.4 Å². The van der Waals surface area contributed by atoms with Crippen molar-refractivity contribution >= 4 is 11.7 Å². The fourth-order valence-electron chi connectivity index (χ4n) is 2.65. The molecule has 2 aromatic carbocycles. The smallest absolute Gasteiger partial charge is 0.319 e. The molecule has 0 atom stereocenters. The van der Waals surface area contributed by atoms with Crippen LogP contribution in [0.2, 0.25) is 0 Å². The molecule has 2 N–H and O–H groups in total. The van der Waals surface area contributed by atoms with Gasteiger partial charge in [-0.3, -0.25) is 0 Å². The van der Waals surface area contributed by atoms with Crippen LogP contribution < -0.4 is 15.4 Å². The first kappa shape index (κ1) is 18.0. The largest absolute Gasteiger partial charge is 0.487 e. The predicted octanol–water partition coefficient (Wildman–Crippen LogP) is 4.05. The summed E-state index contributed by atoms with van der Waals surface area (Å²) >= 11 is 0. The van der Waals surface area contributed by atoms with Crippen molar-refractivity contribution in [2.45, 2.75) is 32.4 Å². The van der Waals surface area contributed by atoms with Gasteiger partial charge in [0.05, 0.1) is 6.10 Å². The molecule has 2 amide bonds. The fourth-order valence-corrected chi connectivity index (χ4v) is 2.65. The first-order chi connectivity index (χ1) is 13.6. The summed E-state index contributed by atoms with van der Waals surface area (Å²) < 4.78 is 25.0. The molecule has 1 fully saturated rings. The second-order valence-corrected chi connectivity index (χ2v) is 6.57. The predicted molar refractivity (Wildman–Crippen MR) is 100 cm³/mol. The lowest BCUT2D eigenvalue weighted by atomic mass is 10.2. The van der Waals surface area contributed by atoms with E-state index in [0.29, 0.717) is 28.5 Å². The van der Waals surface area contributed by atoms with Gasteiger partial charge in [-0.25, -0.2) is 9.18 Å². The number of hydrogen-bond acceptors (Lipinski definition) is 5. The Kier molecular flexibility index (Phi) is 4.92. The van der Waals surface area contributed by atoms with E-state index in [2.05, 4.69) is 20.8 Å². The number of hydrogen-bond donors (Lipinski definition) is 2. The van der Waals surface area contributed by atoms with Crippen LogP contribution in [0, 0.1) is 12.7 Å². The monoisotopic (exact) mass is 382 g/mol. The number of nitrogens with one attached hydrogen (secondary N) is 2. The van der Waals surface area contributed by atoms with Crippen LogP contribution in [0.5, 0.6) is 5.75 Å². The van der Waals surface area contributed by atoms with Crippen molar-refractivity contribution in [3.63, 3.8) is 0 Å². The summed E-state index contributed by atoms with van der Waals surface area (Å²) in [5.74, 6) is 0.687. The first-order valence-electron chi connectivity index (χ1n) is 8.98. The lowest BCUT2D eigenvalue weighted by Crippen LogP contribution is -2.28. The first-order valence-corrected chi connectivity index (χ1v) is 8.98. The third-order valence-electron chi connectivity index (χ3n) is 4.21. The molecule has 4 rings (SSSR count). The van der Waals surface area contributed by atoms with E-state index in [-0.39, 0.29) is 18.4 Å². The Hall–Kier alpha value is -3.42. The fraction of sp³-hybridized carbons (Fsp3) is 0.250. The number of anilines is 1. The highest BCUT2D eigenvalue weighted by molar-refractivity contribution is 5.89. The number of ether oxygens (including phenoxy) is 1. The third-order valence-corrected chi connectivity index (χ3v) is 4.21. The number of urea groups is 1. The normalized spacial score (nSPS) is 13.2. The molecule has 0 spiro atoms. The van der Waals surface area contributed by atoms with Gasteiger partial charge in [0, 0.05) is 30.3 Å². The van der Waals surface area contributed by atoms with Gasteiger partial charge in [0.2, 0.25) is 11.7 Å². The highest BCUT2D eigenvalue weighted by atomic mass is 19.1. The number of nitrogens with zero attached hydrogens (tertiary/aromatic N) is 2. The molecule has 8 heteroatoms. The number of carbonyl (C=O) groups excluding carboxylic acids is 1. The summed E-state index contributed by atoms with van der Waals surface area (Å²) in [5, 5.41) is 9.22. The lowest BCUT2D eigenvalue weighted by Gasteiger charge is -2.11. The molecule has 1 aliphatic rings. The average molecular weight is 382 g/mol. The zero-order chi connectivity index (χ0) is 19.5. The van der Waals surface area contributed by atoms with Crippen molar-refractivity contribution in [1.29, 1.82) is 0 Å². The second-order valence-electron chi connectivity index (χ2n) is 6.57. The quantitative estimate of drug-likeness (QED) is 0.671. The number of carbonyl (C=O) groups is 1. The van der Waals surface area contributed by atoms with Crippen molar-refractivity contribution in [2.24, 2.45) is 0 Å². The Morgan fingerprint density at radius 3 is 2.86 bits per heavy atom. The highest BCUT2D eigenvalue weighted by Crippen LogP contribution is 2.29. The Morgan fingerprint density at radius 2 is 2.11 bits per heavy atom. The van der Waals surface area contributed by atoms with Crippen LogP contribution in [-0.2, 0) is 6.54 Å².